The van der Waals surface area contributed by atoms with Crippen LogP contribution in [-0.4, -0.2) is 89.0 Å². The number of anilines is 2. The van der Waals surface area contributed by atoms with Gasteiger partial charge in [0.1, 0.15) is 5.69 Å². The Labute approximate surface area is 173 Å². The van der Waals surface area contributed by atoms with E-state index < -0.39 is 0 Å². The summed E-state index contributed by atoms with van der Waals surface area (Å²) in [5.41, 5.74) is 0.899. The van der Waals surface area contributed by atoms with Crippen molar-refractivity contribution in [3.05, 3.63) is 12.3 Å². The summed E-state index contributed by atoms with van der Waals surface area (Å²) in [6.07, 6.45) is 1.77. The van der Waals surface area contributed by atoms with Gasteiger partial charge in [0.2, 0.25) is 0 Å². The largest absolute Gasteiger partial charge is 0.378 e. The third-order valence-corrected chi connectivity index (χ3v) is 6.67. The molecule has 3 fully saturated rings. The molecule has 0 aromatic carbocycles. The number of thiocarbonyl (C=S) groups is 1. The van der Waals surface area contributed by atoms with E-state index in [4.69, 9.17) is 21.9 Å². The molecule has 0 saturated carbocycles. The van der Waals surface area contributed by atoms with Gasteiger partial charge in [-0.2, -0.15) is 5.10 Å². The second-order valence-corrected chi connectivity index (χ2v) is 8.67. The minimum atomic E-state index is 0.727. The van der Waals surface area contributed by atoms with Gasteiger partial charge in [-0.1, -0.05) is 24.0 Å². The Kier molecular flexibility index (Phi) is 5.14. The lowest BCUT2D eigenvalue weighted by molar-refractivity contribution is 0.122. The third-order valence-electron chi connectivity index (χ3n) is 5.26. The van der Waals surface area contributed by atoms with Crippen molar-refractivity contribution in [2.75, 3.05) is 79.6 Å². The van der Waals surface area contributed by atoms with Gasteiger partial charge in [0.05, 0.1) is 19.8 Å². The van der Waals surface area contributed by atoms with Gasteiger partial charge in [0.25, 0.3) is 0 Å². The summed E-state index contributed by atoms with van der Waals surface area (Å²) in [6, 6.07) is 1.97. The zero-order chi connectivity index (χ0) is 18.9. The molecule has 0 unspecified atom stereocenters. The lowest BCUT2D eigenvalue weighted by atomic mass is 10.3. The first-order chi connectivity index (χ1) is 13.8. The highest BCUT2D eigenvalue weighted by Crippen LogP contribution is 2.37. The number of hydrogen-bond acceptors (Lipinski definition) is 8. The number of aromatic amines is 1. The third kappa shape index (κ3) is 3.25. The number of H-pyrrole nitrogens is 1. The Morgan fingerprint density at radius 2 is 1.89 bits per heavy atom. The van der Waals surface area contributed by atoms with Gasteiger partial charge in [-0.15, -0.1) is 0 Å². The predicted octanol–water partition coefficient (Wildman–Crippen LogP) is 0.489. The molecule has 2 N–H and O–H groups in total. The number of nitrogens with zero attached hydrogens (tertiary/aromatic N) is 6. The molecule has 150 valence electrons. The first-order valence-corrected chi connectivity index (χ1v) is 11.1. The van der Waals surface area contributed by atoms with Gasteiger partial charge < -0.3 is 19.9 Å². The fourth-order valence-electron chi connectivity index (χ4n) is 3.88. The lowest BCUT2D eigenvalue weighted by Gasteiger charge is -2.35. The zero-order valence-corrected chi connectivity index (χ0v) is 17.3. The summed E-state index contributed by atoms with van der Waals surface area (Å²) in [6.45, 7) is 7.84. The molecule has 0 aliphatic carbocycles. The van der Waals surface area contributed by atoms with Crippen molar-refractivity contribution < 1.29 is 4.74 Å². The number of piperazine rings is 1. The average Bonchev–Trinajstić information content (AvgIpc) is 3.48. The van der Waals surface area contributed by atoms with E-state index in [9.17, 15) is 0 Å². The minimum Gasteiger partial charge on any atom is -0.378 e. The van der Waals surface area contributed by atoms with Gasteiger partial charge in [-0.05, 0) is 6.07 Å². The molecule has 3 aliphatic rings. The summed E-state index contributed by atoms with van der Waals surface area (Å²) < 4.78 is 8.71. The Balaban J connectivity index is 1.68. The molecule has 11 heteroatoms. The molecule has 2 aromatic heterocycles. The molecule has 28 heavy (non-hydrogen) atoms. The van der Waals surface area contributed by atoms with Crippen LogP contribution in [0.25, 0.3) is 11.5 Å². The number of morpholine rings is 1. The maximum Gasteiger partial charge on any atom is 0.181 e. The Hall–Kier alpha value is -1.82. The van der Waals surface area contributed by atoms with Crippen molar-refractivity contribution in [3.8, 4) is 11.5 Å². The Bertz CT molecular complexity index is 827. The highest BCUT2D eigenvalue weighted by atomic mass is 32.2. The van der Waals surface area contributed by atoms with Crippen LogP contribution in [0, 0.1) is 0 Å². The molecule has 0 atom stereocenters. The maximum absolute atomic E-state index is 5.69. The quantitative estimate of drug-likeness (QED) is 0.687. The van der Waals surface area contributed by atoms with Crippen LogP contribution in [0.1, 0.15) is 0 Å². The molecule has 2 aromatic rings. The summed E-state index contributed by atoms with van der Waals surface area (Å²) in [5.74, 6) is 3.98. The van der Waals surface area contributed by atoms with Crippen LogP contribution in [0.15, 0.2) is 12.3 Å². The molecule has 0 amide bonds. The van der Waals surface area contributed by atoms with E-state index in [2.05, 4.69) is 35.0 Å². The van der Waals surface area contributed by atoms with Crippen LogP contribution < -0.4 is 20.1 Å². The topological polar surface area (TPSA) is 77.5 Å². The number of hydrogen-bond donors (Lipinski definition) is 2. The molecule has 9 nitrogen and oxygen atoms in total. The second-order valence-electron chi connectivity index (χ2n) is 6.94. The molecule has 3 aliphatic heterocycles. The zero-order valence-electron chi connectivity index (χ0n) is 15.6. The highest BCUT2D eigenvalue weighted by molar-refractivity contribution is 8.23. The summed E-state index contributed by atoms with van der Waals surface area (Å²) in [7, 11) is 0. The first kappa shape index (κ1) is 18.2. The van der Waals surface area contributed by atoms with Gasteiger partial charge in [0, 0.05) is 51.2 Å². The number of rotatable bonds is 4. The number of ether oxygens (including phenoxy) is 1. The number of aromatic nitrogens is 4. The smallest absolute Gasteiger partial charge is 0.181 e. The standard InChI is InChI=1S/C17H24N8OS2/c27-17-24(9-12-28-17)25-14(13-1-2-19-21-13)20-15(22-5-3-18-4-6-22)16(25)23-7-10-26-11-8-23/h1-2,18H,3-12H2,(H,19,21). The predicted molar refractivity (Wildman–Crippen MR) is 116 cm³/mol. The van der Waals surface area contributed by atoms with Gasteiger partial charge in [-0.3, -0.25) is 10.1 Å². The van der Waals surface area contributed by atoms with Crippen LogP contribution in [0.2, 0.25) is 0 Å². The summed E-state index contributed by atoms with van der Waals surface area (Å²) in [4.78, 5) is 9.89. The van der Waals surface area contributed by atoms with E-state index in [1.165, 1.54) is 0 Å². The van der Waals surface area contributed by atoms with Crippen molar-refractivity contribution in [2.45, 2.75) is 0 Å². The van der Waals surface area contributed by atoms with Crippen LogP contribution in [0.3, 0.4) is 0 Å². The van der Waals surface area contributed by atoms with E-state index >= 15 is 0 Å². The molecule has 0 bridgehead atoms. The summed E-state index contributed by atoms with van der Waals surface area (Å²) >= 11 is 7.41. The SMILES string of the molecule is S=C1SCCN1n1c(-c2ccn[nH]2)nc(N2CCNCC2)c1N1CCOCC1. The monoisotopic (exact) mass is 420 g/mol. The fraction of sp³-hybridized carbons (Fsp3) is 0.588. The fourth-order valence-corrected chi connectivity index (χ4v) is 5.07. The molecular formula is C17H24N8OS2. The van der Waals surface area contributed by atoms with E-state index in [1.54, 1.807) is 18.0 Å². The van der Waals surface area contributed by atoms with Crippen molar-refractivity contribution >= 4 is 39.9 Å². The van der Waals surface area contributed by atoms with Crippen molar-refractivity contribution in [3.63, 3.8) is 0 Å². The molecule has 0 radical (unpaired) electrons. The van der Waals surface area contributed by atoms with E-state index in [0.717, 1.165) is 92.3 Å². The van der Waals surface area contributed by atoms with Crippen LogP contribution in [0.5, 0.6) is 0 Å². The molecule has 0 spiro atoms. The van der Waals surface area contributed by atoms with Crippen molar-refractivity contribution in [1.29, 1.82) is 0 Å². The van der Waals surface area contributed by atoms with E-state index in [1.807, 2.05) is 6.07 Å². The average molecular weight is 421 g/mol. The van der Waals surface area contributed by atoms with Gasteiger partial charge >= 0.3 is 0 Å². The van der Waals surface area contributed by atoms with E-state index in [0.29, 0.717) is 0 Å². The van der Waals surface area contributed by atoms with Crippen LogP contribution in [-0.2, 0) is 4.74 Å². The molecular weight excluding hydrogens is 396 g/mol. The molecule has 5 heterocycles. The lowest BCUT2D eigenvalue weighted by Crippen LogP contribution is -2.46. The van der Waals surface area contributed by atoms with Crippen molar-refractivity contribution in [1.82, 2.24) is 25.2 Å². The van der Waals surface area contributed by atoms with Crippen molar-refractivity contribution in [2.24, 2.45) is 0 Å². The van der Waals surface area contributed by atoms with Gasteiger partial charge in [-0.25, -0.2) is 9.66 Å². The van der Waals surface area contributed by atoms with Gasteiger partial charge in [0.15, 0.2) is 21.8 Å². The molecule has 3 saturated heterocycles. The normalized spacial score (nSPS) is 21.0. The molecule has 5 rings (SSSR count). The Morgan fingerprint density at radius 3 is 2.57 bits per heavy atom. The number of nitrogens with one attached hydrogen (secondary N) is 2. The van der Waals surface area contributed by atoms with Crippen LogP contribution >= 0.6 is 24.0 Å². The number of imidazole rings is 1. The van der Waals surface area contributed by atoms with E-state index in [-0.39, 0.29) is 0 Å². The van der Waals surface area contributed by atoms with Crippen LogP contribution in [0.4, 0.5) is 11.6 Å². The Morgan fingerprint density at radius 1 is 1.07 bits per heavy atom. The first-order valence-electron chi connectivity index (χ1n) is 9.68. The second kappa shape index (κ2) is 7.90. The summed E-state index contributed by atoms with van der Waals surface area (Å²) in [5, 5.41) is 12.9. The number of thioether (sulfide) groups is 1. The maximum atomic E-state index is 5.69. The highest BCUT2D eigenvalue weighted by Gasteiger charge is 2.33. The minimum absolute atomic E-state index is 0.727.